The number of aryl methyl sites for hydroxylation is 2. The van der Waals surface area contributed by atoms with Crippen molar-refractivity contribution in [2.45, 2.75) is 46.6 Å². The van der Waals surface area contributed by atoms with Crippen molar-refractivity contribution in [1.29, 1.82) is 0 Å². The molecule has 0 aliphatic rings. The fraction of sp³-hybridized carbons (Fsp3) is 0.562. The maximum absolute atomic E-state index is 4.65. The summed E-state index contributed by atoms with van der Waals surface area (Å²) in [4.78, 5) is 14.6. The first-order chi connectivity index (χ1) is 11.0. The van der Waals surface area contributed by atoms with Gasteiger partial charge in [-0.2, -0.15) is 0 Å². The summed E-state index contributed by atoms with van der Waals surface area (Å²) in [6, 6.07) is 0. The predicted molar refractivity (Wildman–Crippen MR) is 115 cm³/mol. The van der Waals surface area contributed by atoms with Crippen molar-refractivity contribution in [3.63, 3.8) is 0 Å². The number of hydrogen-bond acceptors (Lipinski definition) is 5. The third-order valence-corrected chi connectivity index (χ3v) is 5.64. The van der Waals surface area contributed by atoms with Crippen molar-refractivity contribution in [2.24, 2.45) is 4.99 Å². The number of aliphatic imine (C=N–C) groups is 1. The van der Waals surface area contributed by atoms with Gasteiger partial charge in [-0.3, -0.25) is 4.99 Å². The van der Waals surface area contributed by atoms with E-state index in [-0.39, 0.29) is 24.0 Å². The van der Waals surface area contributed by atoms with Crippen molar-refractivity contribution in [3.8, 4) is 0 Å². The molecule has 134 valence electrons. The van der Waals surface area contributed by atoms with Gasteiger partial charge in [0.1, 0.15) is 0 Å². The van der Waals surface area contributed by atoms with E-state index < -0.39 is 0 Å². The third-order valence-electron chi connectivity index (χ3n) is 3.38. The van der Waals surface area contributed by atoms with E-state index in [0.29, 0.717) is 5.92 Å². The lowest BCUT2D eigenvalue weighted by molar-refractivity contribution is 0.778. The lowest BCUT2D eigenvalue weighted by Gasteiger charge is -2.10. The Hall–Kier alpha value is -0.740. The van der Waals surface area contributed by atoms with Crippen molar-refractivity contribution in [1.82, 2.24) is 20.6 Å². The van der Waals surface area contributed by atoms with Crippen molar-refractivity contribution < 1.29 is 0 Å². The largest absolute Gasteiger partial charge is 0.356 e. The molecule has 5 nitrogen and oxygen atoms in total. The Labute approximate surface area is 169 Å². The van der Waals surface area contributed by atoms with Gasteiger partial charge in [0.2, 0.25) is 0 Å². The zero-order valence-electron chi connectivity index (χ0n) is 14.8. The summed E-state index contributed by atoms with van der Waals surface area (Å²) < 4.78 is 0. The molecule has 24 heavy (non-hydrogen) atoms. The highest BCUT2D eigenvalue weighted by molar-refractivity contribution is 14.0. The van der Waals surface area contributed by atoms with Crippen LogP contribution in [-0.4, -0.2) is 29.5 Å². The summed E-state index contributed by atoms with van der Waals surface area (Å²) in [5.41, 5.74) is 2.25. The number of nitrogens with one attached hydrogen (secondary N) is 2. The molecule has 0 bridgehead atoms. The standard InChI is InChI=1S/C16H25N5S2.HI/c1-10(2)15-21-13(9-22-15)6-7-18-16(17-5)19-8-14-11(3)20-12(4)23-14;/h9-10H,6-8H2,1-5H3,(H2,17,18,19);1H. The van der Waals surface area contributed by atoms with Gasteiger partial charge in [-0.25, -0.2) is 9.97 Å². The minimum absolute atomic E-state index is 0. The highest BCUT2D eigenvalue weighted by Crippen LogP contribution is 2.19. The minimum atomic E-state index is 0. The SMILES string of the molecule is CN=C(NCCc1csc(C(C)C)n1)NCc1sc(C)nc1C.I. The Balaban J connectivity index is 0.00000288. The molecule has 2 aromatic rings. The first-order valence-corrected chi connectivity index (χ1v) is 9.51. The van der Waals surface area contributed by atoms with Crippen LogP contribution in [0.3, 0.4) is 0 Å². The highest BCUT2D eigenvalue weighted by atomic mass is 127. The molecular weight excluding hydrogens is 453 g/mol. The Bertz CT molecular complexity index is 663. The zero-order chi connectivity index (χ0) is 16.8. The molecule has 0 atom stereocenters. The Kier molecular flexibility index (Phi) is 9.14. The van der Waals surface area contributed by atoms with Crippen LogP contribution in [0.5, 0.6) is 0 Å². The summed E-state index contributed by atoms with van der Waals surface area (Å²) in [6.45, 7) is 10.0. The number of halogens is 1. The van der Waals surface area contributed by atoms with Crippen LogP contribution in [0.15, 0.2) is 10.4 Å². The summed E-state index contributed by atoms with van der Waals surface area (Å²) >= 11 is 3.47. The van der Waals surface area contributed by atoms with Gasteiger partial charge in [-0.15, -0.1) is 46.7 Å². The lowest BCUT2D eigenvalue weighted by Crippen LogP contribution is -2.37. The van der Waals surface area contributed by atoms with E-state index in [4.69, 9.17) is 0 Å². The average Bonchev–Trinajstić information content (AvgIpc) is 3.09. The molecule has 0 fully saturated rings. The lowest BCUT2D eigenvalue weighted by atomic mass is 10.2. The second kappa shape index (κ2) is 10.3. The fourth-order valence-corrected chi connectivity index (χ4v) is 3.88. The minimum Gasteiger partial charge on any atom is -0.356 e. The van der Waals surface area contributed by atoms with Gasteiger partial charge in [0, 0.05) is 36.2 Å². The number of guanidine groups is 1. The van der Waals surface area contributed by atoms with E-state index in [0.717, 1.165) is 41.9 Å². The van der Waals surface area contributed by atoms with Crippen LogP contribution in [0.2, 0.25) is 0 Å². The van der Waals surface area contributed by atoms with E-state index in [1.807, 2.05) is 13.8 Å². The summed E-state index contributed by atoms with van der Waals surface area (Å²) in [6.07, 6.45) is 0.905. The molecule has 0 saturated carbocycles. The second-order valence-corrected chi connectivity index (χ2v) is 7.85. The monoisotopic (exact) mass is 479 g/mol. The number of rotatable bonds is 6. The molecule has 0 aliphatic carbocycles. The smallest absolute Gasteiger partial charge is 0.191 e. The van der Waals surface area contributed by atoms with E-state index in [1.54, 1.807) is 29.7 Å². The van der Waals surface area contributed by atoms with Crippen LogP contribution in [0, 0.1) is 13.8 Å². The fourth-order valence-electron chi connectivity index (χ4n) is 2.13. The summed E-state index contributed by atoms with van der Waals surface area (Å²) in [7, 11) is 1.79. The molecule has 0 amide bonds. The molecule has 2 N–H and O–H groups in total. The number of nitrogens with zero attached hydrogens (tertiary/aromatic N) is 3. The van der Waals surface area contributed by atoms with E-state index in [1.165, 1.54) is 9.88 Å². The molecule has 0 spiro atoms. The molecule has 2 rings (SSSR count). The predicted octanol–water partition coefficient (Wildman–Crippen LogP) is 3.87. The molecule has 0 aliphatic heterocycles. The Morgan fingerprint density at radius 2 is 2.00 bits per heavy atom. The molecule has 8 heteroatoms. The van der Waals surface area contributed by atoms with Crippen molar-refractivity contribution in [3.05, 3.63) is 31.7 Å². The summed E-state index contributed by atoms with van der Waals surface area (Å²) in [5, 5.41) is 11.1. The van der Waals surface area contributed by atoms with E-state index in [2.05, 4.69) is 44.8 Å². The van der Waals surface area contributed by atoms with Crippen LogP contribution in [0.4, 0.5) is 0 Å². The Morgan fingerprint density at radius 3 is 2.54 bits per heavy atom. The second-order valence-electron chi connectivity index (χ2n) is 5.68. The maximum Gasteiger partial charge on any atom is 0.191 e. The molecule has 2 heterocycles. The first-order valence-electron chi connectivity index (χ1n) is 7.81. The van der Waals surface area contributed by atoms with Crippen LogP contribution in [0.25, 0.3) is 0 Å². The van der Waals surface area contributed by atoms with Gasteiger partial charge in [0.05, 0.1) is 27.9 Å². The van der Waals surface area contributed by atoms with Gasteiger partial charge in [-0.05, 0) is 13.8 Å². The molecule has 0 unspecified atom stereocenters. The van der Waals surface area contributed by atoms with Crippen molar-refractivity contribution in [2.75, 3.05) is 13.6 Å². The highest BCUT2D eigenvalue weighted by Gasteiger charge is 2.07. The van der Waals surface area contributed by atoms with Gasteiger partial charge in [0.25, 0.3) is 0 Å². The van der Waals surface area contributed by atoms with E-state index in [9.17, 15) is 0 Å². The number of hydrogen-bond donors (Lipinski definition) is 2. The van der Waals surface area contributed by atoms with Crippen LogP contribution in [0.1, 0.15) is 46.0 Å². The first kappa shape index (κ1) is 21.3. The summed E-state index contributed by atoms with van der Waals surface area (Å²) in [5.74, 6) is 1.32. The van der Waals surface area contributed by atoms with Gasteiger partial charge in [0.15, 0.2) is 5.96 Å². The number of aromatic nitrogens is 2. The third kappa shape index (κ3) is 6.29. The maximum atomic E-state index is 4.65. The van der Waals surface area contributed by atoms with Crippen LogP contribution in [-0.2, 0) is 13.0 Å². The Morgan fingerprint density at radius 1 is 1.25 bits per heavy atom. The zero-order valence-corrected chi connectivity index (χ0v) is 18.8. The topological polar surface area (TPSA) is 62.2 Å². The number of thiazole rings is 2. The molecular formula is C16H26IN5S2. The van der Waals surface area contributed by atoms with Gasteiger partial charge >= 0.3 is 0 Å². The molecule has 0 radical (unpaired) electrons. The van der Waals surface area contributed by atoms with Gasteiger partial charge in [-0.1, -0.05) is 13.8 Å². The molecule has 0 aromatic carbocycles. The quantitative estimate of drug-likeness (QED) is 0.375. The average molecular weight is 479 g/mol. The molecule has 0 saturated heterocycles. The normalized spacial score (nSPS) is 11.5. The van der Waals surface area contributed by atoms with Crippen LogP contribution >= 0.6 is 46.7 Å². The van der Waals surface area contributed by atoms with Gasteiger partial charge < -0.3 is 10.6 Å². The van der Waals surface area contributed by atoms with Crippen LogP contribution < -0.4 is 10.6 Å². The van der Waals surface area contributed by atoms with Crippen molar-refractivity contribution >= 4 is 52.6 Å². The molecule has 2 aromatic heterocycles. The van der Waals surface area contributed by atoms with E-state index >= 15 is 0 Å².